The van der Waals surface area contributed by atoms with Gasteiger partial charge in [0.2, 0.25) is 11.8 Å². The molecule has 0 saturated carbocycles. The summed E-state index contributed by atoms with van der Waals surface area (Å²) in [6.07, 6.45) is 0.239. The molecule has 0 bridgehead atoms. The maximum absolute atomic E-state index is 14.6. The van der Waals surface area contributed by atoms with Crippen LogP contribution in [0.2, 0.25) is 0 Å². The maximum Gasteiger partial charge on any atom is 0.264 e. The maximum atomic E-state index is 14.6. The molecular formula is C37H43N3O5S. The van der Waals surface area contributed by atoms with Gasteiger partial charge in [-0.25, -0.2) is 8.42 Å². The highest BCUT2D eigenvalue weighted by Gasteiger charge is 2.35. The summed E-state index contributed by atoms with van der Waals surface area (Å²) in [5.41, 5.74) is 4.61. The van der Waals surface area contributed by atoms with Gasteiger partial charge in [-0.3, -0.25) is 13.9 Å². The number of hydrogen-bond donors (Lipinski definition) is 1. The van der Waals surface area contributed by atoms with E-state index in [0.29, 0.717) is 11.4 Å². The molecule has 0 aromatic heterocycles. The third-order valence-electron chi connectivity index (χ3n) is 7.57. The fourth-order valence-electron chi connectivity index (χ4n) is 5.36. The summed E-state index contributed by atoms with van der Waals surface area (Å²) in [6.45, 7) is 8.93. The Morgan fingerprint density at radius 3 is 2.02 bits per heavy atom. The van der Waals surface area contributed by atoms with Crippen LogP contribution < -0.4 is 14.4 Å². The third-order valence-corrected chi connectivity index (χ3v) is 9.36. The summed E-state index contributed by atoms with van der Waals surface area (Å²) < 4.78 is 35.1. The fraction of sp³-hybridized carbons (Fsp3) is 0.297. The smallest absolute Gasteiger partial charge is 0.264 e. The minimum Gasteiger partial charge on any atom is -0.497 e. The molecule has 46 heavy (non-hydrogen) atoms. The Labute approximate surface area is 273 Å². The second-order valence-electron chi connectivity index (χ2n) is 11.9. The van der Waals surface area contributed by atoms with Crippen LogP contribution in [-0.4, -0.2) is 50.9 Å². The van der Waals surface area contributed by atoms with E-state index in [2.05, 4.69) is 5.32 Å². The lowest BCUT2D eigenvalue weighted by atomic mass is 10.0. The van der Waals surface area contributed by atoms with Crippen LogP contribution >= 0.6 is 0 Å². The number of nitrogens with zero attached hydrogens (tertiary/aromatic N) is 2. The molecule has 1 atom stereocenters. The molecule has 0 radical (unpaired) electrons. The highest BCUT2D eigenvalue weighted by Crippen LogP contribution is 2.27. The van der Waals surface area contributed by atoms with E-state index >= 15 is 0 Å². The number of carbonyl (C=O) groups is 2. The molecule has 4 rings (SSSR count). The third kappa shape index (κ3) is 8.75. The van der Waals surface area contributed by atoms with Gasteiger partial charge in [-0.05, 0) is 93.3 Å². The Bertz CT molecular complexity index is 1740. The van der Waals surface area contributed by atoms with Crippen molar-refractivity contribution in [3.8, 4) is 5.75 Å². The van der Waals surface area contributed by atoms with Gasteiger partial charge < -0.3 is 15.0 Å². The minimum absolute atomic E-state index is 0.0598. The Balaban J connectivity index is 1.84. The quantitative estimate of drug-likeness (QED) is 0.194. The van der Waals surface area contributed by atoms with Crippen molar-refractivity contribution in [3.05, 3.63) is 125 Å². The molecule has 0 unspecified atom stereocenters. The lowest BCUT2D eigenvalue weighted by molar-refractivity contribution is -0.140. The lowest BCUT2D eigenvalue weighted by Crippen LogP contribution is -2.54. The molecule has 0 fully saturated rings. The zero-order valence-corrected chi connectivity index (χ0v) is 28.2. The van der Waals surface area contributed by atoms with E-state index in [-0.39, 0.29) is 29.8 Å². The molecule has 8 nitrogen and oxygen atoms in total. The zero-order valence-electron chi connectivity index (χ0n) is 27.4. The number of rotatable bonds is 13. The van der Waals surface area contributed by atoms with Crippen molar-refractivity contribution >= 4 is 27.5 Å². The van der Waals surface area contributed by atoms with Crippen LogP contribution in [-0.2, 0) is 32.6 Å². The fourth-order valence-corrected chi connectivity index (χ4v) is 6.76. The minimum atomic E-state index is -4.18. The van der Waals surface area contributed by atoms with Crippen molar-refractivity contribution in [1.29, 1.82) is 0 Å². The monoisotopic (exact) mass is 641 g/mol. The molecule has 4 aromatic carbocycles. The average molecular weight is 642 g/mol. The van der Waals surface area contributed by atoms with E-state index in [9.17, 15) is 18.0 Å². The Morgan fingerprint density at radius 1 is 0.783 bits per heavy atom. The number of nitrogens with one attached hydrogen (secondary N) is 1. The van der Waals surface area contributed by atoms with Crippen LogP contribution in [0.1, 0.15) is 41.7 Å². The summed E-state index contributed by atoms with van der Waals surface area (Å²) >= 11 is 0. The Kier molecular flexibility index (Phi) is 11.2. The van der Waals surface area contributed by atoms with Crippen molar-refractivity contribution in [3.63, 3.8) is 0 Å². The molecule has 242 valence electrons. The first-order valence-corrected chi connectivity index (χ1v) is 16.8. The van der Waals surface area contributed by atoms with Gasteiger partial charge in [0, 0.05) is 19.0 Å². The van der Waals surface area contributed by atoms with Gasteiger partial charge in [-0.15, -0.1) is 0 Å². The molecule has 0 aliphatic carbocycles. The number of aryl methyl sites for hydroxylation is 3. The summed E-state index contributed by atoms with van der Waals surface area (Å²) in [5.74, 6) is -0.234. The van der Waals surface area contributed by atoms with Crippen LogP contribution in [0.25, 0.3) is 0 Å². The van der Waals surface area contributed by atoms with Crippen molar-refractivity contribution in [2.75, 3.05) is 18.0 Å². The van der Waals surface area contributed by atoms with E-state index in [1.165, 1.54) is 4.90 Å². The lowest BCUT2D eigenvalue weighted by Gasteiger charge is -2.34. The van der Waals surface area contributed by atoms with E-state index in [0.717, 1.165) is 32.1 Å². The van der Waals surface area contributed by atoms with Crippen molar-refractivity contribution < 1.29 is 22.7 Å². The van der Waals surface area contributed by atoms with Crippen molar-refractivity contribution in [1.82, 2.24) is 10.2 Å². The first-order chi connectivity index (χ1) is 21.9. The van der Waals surface area contributed by atoms with Gasteiger partial charge in [0.15, 0.2) is 0 Å². The standard InChI is InChI=1S/C37H43N3O5S/c1-26(2)38-37(42)35(23-30-11-8-7-9-12-30)39(24-31-13-10-14-33(22-31)45-6)36(41)25-40(32-20-28(4)19-29(5)21-32)46(43,44)34-17-15-27(3)16-18-34/h7-22,26,35H,23-25H2,1-6H3,(H,38,42)/t35-/m1/s1. The summed E-state index contributed by atoms with van der Waals surface area (Å²) in [7, 11) is -2.61. The van der Waals surface area contributed by atoms with Crippen LogP contribution in [0.5, 0.6) is 5.75 Å². The van der Waals surface area contributed by atoms with Gasteiger partial charge in [0.25, 0.3) is 10.0 Å². The molecule has 0 saturated heterocycles. The normalized spacial score (nSPS) is 12.0. The van der Waals surface area contributed by atoms with Crippen LogP contribution in [0, 0.1) is 20.8 Å². The van der Waals surface area contributed by atoms with E-state index in [4.69, 9.17) is 4.74 Å². The second-order valence-corrected chi connectivity index (χ2v) is 13.8. The van der Waals surface area contributed by atoms with E-state index < -0.39 is 28.5 Å². The molecule has 2 amide bonds. The molecule has 0 spiro atoms. The molecule has 0 heterocycles. The Hall–Kier alpha value is -4.63. The predicted octanol–water partition coefficient (Wildman–Crippen LogP) is 5.98. The first kappa shape index (κ1) is 34.2. The van der Waals surface area contributed by atoms with E-state index in [1.807, 2.05) is 89.2 Å². The van der Waals surface area contributed by atoms with Crippen molar-refractivity contribution in [2.24, 2.45) is 0 Å². The summed E-state index contributed by atoms with van der Waals surface area (Å²) in [5, 5.41) is 2.98. The average Bonchev–Trinajstić information content (AvgIpc) is 3.01. The van der Waals surface area contributed by atoms with Gasteiger partial charge in [-0.2, -0.15) is 0 Å². The van der Waals surface area contributed by atoms with Gasteiger partial charge in [-0.1, -0.05) is 66.2 Å². The van der Waals surface area contributed by atoms with Crippen LogP contribution in [0.4, 0.5) is 5.69 Å². The summed E-state index contributed by atoms with van der Waals surface area (Å²) in [6, 6.07) is 27.7. The number of benzene rings is 4. The number of sulfonamides is 1. The number of methoxy groups -OCH3 is 1. The second kappa shape index (κ2) is 15.1. The Morgan fingerprint density at radius 2 is 1.41 bits per heavy atom. The van der Waals surface area contributed by atoms with Gasteiger partial charge in [0.1, 0.15) is 18.3 Å². The SMILES string of the molecule is COc1cccc(CN(C(=O)CN(c2cc(C)cc(C)c2)S(=O)(=O)c2ccc(C)cc2)[C@H](Cc2ccccc2)C(=O)NC(C)C)c1. The zero-order chi connectivity index (χ0) is 33.4. The molecule has 1 N–H and O–H groups in total. The van der Waals surface area contributed by atoms with Gasteiger partial charge >= 0.3 is 0 Å². The van der Waals surface area contributed by atoms with Gasteiger partial charge in [0.05, 0.1) is 17.7 Å². The predicted molar refractivity (Wildman–Crippen MR) is 182 cm³/mol. The highest BCUT2D eigenvalue weighted by molar-refractivity contribution is 7.92. The number of carbonyl (C=O) groups excluding carboxylic acids is 2. The molecular weight excluding hydrogens is 598 g/mol. The molecule has 4 aromatic rings. The number of hydrogen-bond acceptors (Lipinski definition) is 5. The van der Waals surface area contributed by atoms with Crippen LogP contribution in [0.15, 0.2) is 102 Å². The summed E-state index contributed by atoms with van der Waals surface area (Å²) in [4.78, 5) is 30.0. The topological polar surface area (TPSA) is 96.0 Å². The van der Waals surface area contributed by atoms with E-state index in [1.54, 1.807) is 49.6 Å². The molecule has 0 aliphatic heterocycles. The largest absolute Gasteiger partial charge is 0.497 e. The van der Waals surface area contributed by atoms with Crippen molar-refractivity contribution in [2.45, 2.75) is 64.6 Å². The number of ether oxygens (including phenoxy) is 1. The number of anilines is 1. The van der Waals surface area contributed by atoms with Crippen LogP contribution in [0.3, 0.4) is 0 Å². The first-order valence-electron chi connectivity index (χ1n) is 15.3. The number of amides is 2. The highest BCUT2D eigenvalue weighted by atomic mass is 32.2. The molecule has 9 heteroatoms. The molecule has 0 aliphatic rings.